The lowest BCUT2D eigenvalue weighted by Crippen LogP contribution is -2.58. The van der Waals surface area contributed by atoms with E-state index in [1.807, 2.05) is 0 Å². The van der Waals surface area contributed by atoms with Crippen molar-refractivity contribution in [3.05, 3.63) is 66.0 Å². The van der Waals surface area contributed by atoms with Gasteiger partial charge in [0.15, 0.2) is 11.0 Å². The summed E-state index contributed by atoms with van der Waals surface area (Å²) in [5, 5.41) is 6.00. The van der Waals surface area contributed by atoms with Crippen LogP contribution < -0.4 is 15.6 Å². The van der Waals surface area contributed by atoms with E-state index < -0.39 is 29.5 Å². The standard InChI is InChI=1S/C18H13FN4O3S/c19-14-9-5-4-8-12(14)16(25)22-20-10-13-15(24)21-18(27)23(17(13)26)11-6-2-1-3-7-11/h1-10,13H,(H,22,25)(H,21,24,27). The zero-order chi connectivity index (χ0) is 19.4. The highest BCUT2D eigenvalue weighted by atomic mass is 32.1. The number of hydrogen-bond donors (Lipinski definition) is 2. The number of para-hydroxylation sites is 1. The van der Waals surface area contributed by atoms with Gasteiger partial charge in [-0.25, -0.2) is 9.82 Å². The molecule has 1 aliphatic heterocycles. The summed E-state index contributed by atoms with van der Waals surface area (Å²) in [5.74, 6) is -4.08. The Morgan fingerprint density at radius 3 is 2.52 bits per heavy atom. The highest BCUT2D eigenvalue weighted by Gasteiger charge is 2.38. The van der Waals surface area contributed by atoms with Crippen LogP contribution in [0.5, 0.6) is 0 Å². The average Bonchev–Trinajstić information content (AvgIpc) is 2.65. The Hall–Kier alpha value is -3.46. The van der Waals surface area contributed by atoms with Crippen molar-refractivity contribution in [3.63, 3.8) is 0 Å². The molecule has 136 valence electrons. The minimum absolute atomic E-state index is 0.0451. The molecule has 2 aromatic carbocycles. The largest absolute Gasteiger partial charge is 0.301 e. The van der Waals surface area contributed by atoms with Crippen LogP contribution in [0.2, 0.25) is 0 Å². The van der Waals surface area contributed by atoms with Crippen LogP contribution >= 0.6 is 12.2 Å². The molecule has 0 bridgehead atoms. The number of nitrogens with one attached hydrogen (secondary N) is 2. The minimum atomic E-state index is -1.29. The van der Waals surface area contributed by atoms with E-state index in [1.54, 1.807) is 30.3 Å². The van der Waals surface area contributed by atoms with Crippen molar-refractivity contribution < 1.29 is 18.8 Å². The number of rotatable bonds is 4. The average molecular weight is 384 g/mol. The molecular weight excluding hydrogens is 371 g/mol. The van der Waals surface area contributed by atoms with Crippen LogP contribution in [0.4, 0.5) is 10.1 Å². The second-order valence-corrected chi connectivity index (χ2v) is 5.87. The molecular formula is C18H13FN4O3S. The zero-order valence-electron chi connectivity index (χ0n) is 13.8. The third-order valence-corrected chi connectivity index (χ3v) is 4.01. The predicted molar refractivity (Wildman–Crippen MR) is 101 cm³/mol. The first-order chi connectivity index (χ1) is 13.0. The molecule has 1 aliphatic rings. The monoisotopic (exact) mass is 384 g/mol. The molecule has 1 unspecified atom stereocenters. The van der Waals surface area contributed by atoms with Crippen LogP contribution in [0.1, 0.15) is 10.4 Å². The summed E-state index contributed by atoms with van der Waals surface area (Å²) in [6.07, 6.45) is 0.980. The van der Waals surface area contributed by atoms with Crippen molar-refractivity contribution in [2.45, 2.75) is 0 Å². The van der Waals surface area contributed by atoms with Crippen LogP contribution in [-0.4, -0.2) is 29.0 Å². The van der Waals surface area contributed by atoms with E-state index in [2.05, 4.69) is 15.8 Å². The fourth-order valence-electron chi connectivity index (χ4n) is 2.42. The number of anilines is 1. The Morgan fingerprint density at radius 1 is 1.15 bits per heavy atom. The molecule has 0 aromatic heterocycles. The molecule has 3 rings (SSSR count). The van der Waals surface area contributed by atoms with Gasteiger partial charge in [-0.2, -0.15) is 5.10 Å². The maximum absolute atomic E-state index is 13.6. The number of hydrazone groups is 1. The van der Waals surface area contributed by atoms with E-state index in [4.69, 9.17) is 12.2 Å². The Kier molecular flexibility index (Phi) is 5.32. The van der Waals surface area contributed by atoms with E-state index in [1.165, 1.54) is 23.1 Å². The van der Waals surface area contributed by atoms with Gasteiger partial charge < -0.3 is 5.32 Å². The second-order valence-electron chi connectivity index (χ2n) is 5.48. The third kappa shape index (κ3) is 3.87. The first-order valence-corrected chi connectivity index (χ1v) is 8.22. The lowest BCUT2D eigenvalue weighted by molar-refractivity contribution is -0.130. The molecule has 2 aromatic rings. The first kappa shape index (κ1) is 18.3. The minimum Gasteiger partial charge on any atom is -0.301 e. The molecule has 1 saturated heterocycles. The normalized spacial score (nSPS) is 17.1. The van der Waals surface area contributed by atoms with Gasteiger partial charge >= 0.3 is 0 Å². The molecule has 0 aliphatic carbocycles. The molecule has 1 fully saturated rings. The maximum atomic E-state index is 13.6. The van der Waals surface area contributed by atoms with Crippen LogP contribution in [-0.2, 0) is 9.59 Å². The Labute approximate surface area is 158 Å². The number of amides is 3. The summed E-state index contributed by atoms with van der Waals surface area (Å²) < 4.78 is 13.6. The topological polar surface area (TPSA) is 90.9 Å². The number of thiocarbonyl (C=S) groups is 1. The molecule has 9 heteroatoms. The number of hydrogen-bond acceptors (Lipinski definition) is 5. The van der Waals surface area contributed by atoms with Crippen LogP contribution in [0.3, 0.4) is 0 Å². The highest BCUT2D eigenvalue weighted by molar-refractivity contribution is 7.80. The van der Waals surface area contributed by atoms with E-state index in [0.29, 0.717) is 5.69 Å². The quantitative estimate of drug-likeness (QED) is 0.363. The molecule has 3 amide bonds. The molecule has 27 heavy (non-hydrogen) atoms. The van der Waals surface area contributed by atoms with Gasteiger partial charge in [-0.3, -0.25) is 19.3 Å². The lowest BCUT2D eigenvalue weighted by Gasteiger charge is -2.30. The van der Waals surface area contributed by atoms with Crippen LogP contribution in [0, 0.1) is 11.7 Å². The molecule has 1 heterocycles. The van der Waals surface area contributed by atoms with Gasteiger partial charge in [-0.15, -0.1) is 0 Å². The van der Waals surface area contributed by atoms with Gasteiger partial charge in [0, 0.05) is 6.21 Å². The van der Waals surface area contributed by atoms with E-state index in [-0.39, 0.29) is 10.7 Å². The van der Waals surface area contributed by atoms with Gasteiger partial charge in [0.1, 0.15) is 5.82 Å². The summed E-state index contributed by atoms with van der Waals surface area (Å²) in [6.45, 7) is 0. The van der Waals surface area contributed by atoms with Crippen molar-refractivity contribution in [3.8, 4) is 0 Å². The van der Waals surface area contributed by atoms with Crippen molar-refractivity contribution in [1.82, 2.24) is 10.7 Å². The number of carbonyl (C=O) groups excluding carboxylic acids is 3. The first-order valence-electron chi connectivity index (χ1n) is 7.81. The summed E-state index contributed by atoms with van der Waals surface area (Å²) in [5.41, 5.74) is 2.38. The summed E-state index contributed by atoms with van der Waals surface area (Å²) in [6, 6.07) is 13.9. The molecule has 0 spiro atoms. The number of carbonyl (C=O) groups is 3. The molecule has 1 atom stereocenters. The van der Waals surface area contributed by atoms with Gasteiger partial charge in [0.2, 0.25) is 5.91 Å². The second kappa shape index (κ2) is 7.83. The SMILES string of the molecule is O=C(NN=CC1C(=O)NC(=S)N(c2ccccc2)C1=O)c1ccccc1F. The van der Waals surface area contributed by atoms with Crippen molar-refractivity contribution in [2.24, 2.45) is 11.0 Å². The number of benzene rings is 2. The Bertz CT molecular complexity index is 949. The van der Waals surface area contributed by atoms with Gasteiger partial charge in [-0.05, 0) is 36.5 Å². The van der Waals surface area contributed by atoms with Crippen molar-refractivity contribution in [1.29, 1.82) is 0 Å². The summed E-state index contributed by atoms with van der Waals surface area (Å²) >= 11 is 5.07. The maximum Gasteiger partial charge on any atom is 0.274 e. The molecule has 2 N–H and O–H groups in total. The van der Waals surface area contributed by atoms with Crippen LogP contribution in [0.25, 0.3) is 0 Å². The fraction of sp³-hybridized carbons (Fsp3) is 0.0556. The highest BCUT2D eigenvalue weighted by Crippen LogP contribution is 2.19. The predicted octanol–water partition coefficient (Wildman–Crippen LogP) is 1.61. The van der Waals surface area contributed by atoms with Gasteiger partial charge in [0.05, 0.1) is 11.3 Å². The van der Waals surface area contributed by atoms with Crippen molar-refractivity contribution >= 4 is 47.0 Å². The molecule has 7 nitrogen and oxygen atoms in total. The number of nitrogens with zero attached hydrogens (tertiary/aromatic N) is 2. The Balaban J connectivity index is 1.75. The van der Waals surface area contributed by atoms with E-state index in [0.717, 1.165) is 12.3 Å². The summed E-state index contributed by atoms with van der Waals surface area (Å²) in [7, 11) is 0. The molecule has 0 saturated carbocycles. The third-order valence-electron chi connectivity index (χ3n) is 3.72. The van der Waals surface area contributed by atoms with Gasteiger partial charge in [-0.1, -0.05) is 30.3 Å². The number of halogens is 1. The van der Waals surface area contributed by atoms with Crippen LogP contribution in [0.15, 0.2) is 59.7 Å². The molecule has 0 radical (unpaired) electrons. The smallest absolute Gasteiger partial charge is 0.274 e. The Morgan fingerprint density at radius 2 is 1.81 bits per heavy atom. The van der Waals surface area contributed by atoms with E-state index in [9.17, 15) is 18.8 Å². The fourth-order valence-corrected chi connectivity index (χ4v) is 2.72. The van der Waals surface area contributed by atoms with Gasteiger partial charge in [0.25, 0.3) is 11.8 Å². The van der Waals surface area contributed by atoms with Crippen molar-refractivity contribution in [2.75, 3.05) is 4.90 Å². The zero-order valence-corrected chi connectivity index (χ0v) is 14.6. The van der Waals surface area contributed by atoms with E-state index >= 15 is 0 Å². The lowest BCUT2D eigenvalue weighted by atomic mass is 10.1. The summed E-state index contributed by atoms with van der Waals surface area (Å²) in [4.78, 5) is 37.8.